The van der Waals surface area contributed by atoms with Crippen molar-refractivity contribution in [2.75, 3.05) is 12.0 Å². The highest BCUT2D eigenvalue weighted by Gasteiger charge is 2.02. The minimum Gasteiger partial charge on any atom is -0.449 e. The summed E-state index contributed by atoms with van der Waals surface area (Å²) in [5.41, 5.74) is 5.71. The molecular weight excluding hydrogens is 226 g/mol. The first-order valence-corrected chi connectivity index (χ1v) is 5.36. The summed E-state index contributed by atoms with van der Waals surface area (Å²) in [6.45, 7) is 2.06. The van der Waals surface area contributed by atoms with Crippen LogP contribution in [0.3, 0.4) is 0 Å². The number of hydrogen-bond acceptors (Lipinski definition) is 5. The SMILES string of the molecule is CCOC(=O)NNc1nc(CCl)cs1. The number of amides is 1. The normalized spacial score (nSPS) is 9.57. The summed E-state index contributed by atoms with van der Waals surface area (Å²) in [6.07, 6.45) is -0.532. The Labute approximate surface area is 90.4 Å². The molecule has 1 rings (SSSR count). The van der Waals surface area contributed by atoms with E-state index >= 15 is 0 Å². The lowest BCUT2D eigenvalue weighted by Crippen LogP contribution is -2.29. The zero-order chi connectivity index (χ0) is 10.4. The van der Waals surface area contributed by atoms with Crippen molar-refractivity contribution in [1.82, 2.24) is 10.4 Å². The number of rotatable bonds is 4. The first-order chi connectivity index (χ1) is 6.76. The summed E-state index contributed by atoms with van der Waals surface area (Å²) in [6, 6.07) is 0. The molecule has 0 saturated carbocycles. The third-order valence-corrected chi connectivity index (χ3v) is 2.32. The fraction of sp³-hybridized carbons (Fsp3) is 0.429. The van der Waals surface area contributed by atoms with E-state index in [-0.39, 0.29) is 0 Å². The van der Waals surface area contributed by atoms with E-state index in [0.717, 1.165) is 5.69 Å². The fourth-order valence-corrected chi connectivity index (χ4v) is 1.59. The van der Waals surface area contributed by atoms with Crippen LogP contribution in [0.1, 0.15) is 12.6 Å². The van der Waals surface area contributed by atoms with E-state index in [1.54, 1.807) is 6.92 Å². The number of hydrazine groups is 1. The van der Waals surface area contributed by atoms with Crippen molar-refractivity contribution >= 4 is 34.2 Å². The number of alkyl halides is 1. The van der Waals surface area contributed by atoms with Gasteiger partial charge in [0.25, 0.3) is 0 Å². The van der Waals surface area contributed by atoms with Gasteiger partial charge in [-0.2, -0.15) is 0 Å². The predicted octanol–water partition coefficient (Wildman–Crippen LogP) is 1.95. The van der Waals surface area contributed by atoms with Crippen LogP contribution in [0.5, 0.6) is 0 Å². The van der Waals surface area contributed by atoms with Gasteiger partial charge in [0.2, 0.25) is 5.13 Å². The summed E-state index contributed by atoms with van der Waals surface area (Å²) in [5, 5.41) is 2.39. The number of hydrogen-bond donors (Lipinski definition) is 2. The van der Waals surface area contributed by atoms with E-state index in [2.05, 4.69) is 20.6 Å². The largest absolute Gasteiger partial charge is 0.449 e. The van der Waals surface area contributed by atoms with Crippen molar-refractivity contribution in [2.45, 2.75) is 12.8 Å². The summed E-state index contributed by atoms with van der Waals surface area (Å²) in [4.78, 5) is 14.9. The van der Waals surface area contributed by atoms with Gasteiger partial charge >= 0.3 is 6.09 Å². The minimum atomic E-state index is -0.532. The molecule has 5 nitrogen and oxygen atoms in total. The molecule has 1 amide bonds. The van der Waals surface area contributed by atoms with Gasteiger partial charge in [0.05, 0.1) is 18.2 Å². The van der Waals surface area contributed by atoms with Crippen LogP contribution in [0.2, 0.25) is 0 Å². The monoisotopic (exact) mass is 235 g/mol. The smallest absolute Gasteiger partial charge is 0.425 e. The number of nitrogens with one attached hydrogen (secondary N) is 2. The van der Waals surface area contributed by atoms with Crippen LogP contribution >= 0.6 is 22.9 Å². The van der Waals surface area contributed by atoms with Crippen molar-refractivity contribution in [3.05, 3.63) is 11.1 Å². The Bertz CT molecular complexity index is 305. The Kier molecular flexibility index (Phi) is 4.48. The molecule has 0 aliphatic heterocycles. The van der Waals surface area contributed by atoms with Gasteiger partial charge in [0.1, 0.15) is 0 Å². The lowest BCUT2D eigenvalue weighted by atomic mass is 10.6. The Hall–Kier alpha value is -1.01. The maximum absolute atomic E-state index is 10.8. The topological polar surface area (TPSA) is 63.2 Å². The molecule has 0 saturated heterocycles. The highest BCUT2D eigenvalue weighted by Crippen LogP contribution is 2.15. The Morgan fingerprint density at radius 2 is 2.57 bits per heavy atom. The second-order valence-electron chi connectivity index (χ2n) is 2.25. The fourth-order valence-electron chi connectivity index (χ4n) is 0.697. The summed E-state index contributed by atoms with van der Waals surface area (Å²) in [5.74, 6) is 0.359. The second-order valence-corrected chi connectivity index (χ2v) is 3.37. The first-order valence-electron chi connectivity index (χ1n) is 3.95. The number of halogens is 1. The summed E-state index contributed by atoms with van der Waals surface area (Å²) < 4.78 is 4.63. The van der Waals surface area contributed by atoms with Gasteiger partial charge in [-0.25, -0.2) is 15.2 Å². The Balaban J connectivity index is 2.34. The molecule has 0 atom stereocenters. The van der Waals surface area contributed by atoms with Crippen molar-refractivity contribution in [2.24, 2.45) is 0 Å². The van der Waals surface area contributed by atoms with Crippen LogP contribution in [0, 0.1) is 0 Å². The summed E-state index contributed by atoms with van der Waals surface area (Å²) >= 11 is 6.91. The molecule has 1 aromatic rings. The van der Waals surface area contributed by atoms with Gasteiger partial charge in [0, 0.05) is 5.38 Å². The van der Waals surface area contributed by atoms with Crippen LogP contribution in [-0.2, 0) is 10.6 Å². The van der Waals surface area contributed by atoms with E-state index in [1.165, 1.54) is 11.3 Å². The number of nitrogens with zero attached hydrogens (tertiary/aromatic N) is 1. The lowest BCUT2D eigenvalue weighted by Gasteiger charge is -2.04. The molecule has 0 aliphatic rings. The third kappa shape index (κ3) is 3.39. The molecule has 0 aromatic carbocycles. The number of thiazole rings is 1. The standard InChI is InChI=1S/C7H10ClN3O2S/c1-2-13-7(12)11-10-6-9-5(3-8)4-14-6/h4H,2-3H2,1H3,(H,9,10)(H,11,12). The van der Waals surface area contributed by atoms with Crippen molar-refractivity contribution < 1.29 is 9.53 Å². The van der Waals surface area contributed by atoms with Gasteiger partial charge in [-0.05, 0) is 6.92 Å². The highest BCUT2D eigenvalue weighted by molar-refractivity contribution is 7.13. The molecule has 0 bridgehead atoms. The quantitative estimate of drug-likeness (QED) is 0.619. The van der Waals surface area contributed by atoms with Gasteiger partial charge in [-0.1, -0.05) is 0 Å². The van der Waals surface area contributed by atoms with Crippen LogP contribution in [0.4, 0.5) is 9.93 Å². The number of carbonyl (C=O) groups excluding carboxylic acids is 1. The zero-order valence-corrected chi connectivity index (χ0v) is 9.11. The van der Waals surface area contributed by atoms with Gasteiger partial charge < -0.3 is 4.74 Å². The zero-order valence-electron chi connectivity index (χ0n) is 7.54. The van der Waals surface area contributed by atoms with Crippen molar-refractivity contribution in [1.29, 1.82) is 0 Å². The molecule has 0 aliphatic carbocycles. The molecule has 0 spiro atoms. The Morgan fingerprint density at radius 1 is 1.79 bits per heavy atom. The average molecular weight is 236 g/mol. The minimum absolute atomic E-state index is 0.332. The van der Waals surface area contributed by atoms with Gasteiger partial charge in [-0.3, -0.25) is 5.43 Å². The van der Waals surface area contributed by atoms with Crippen molar-refractivity contribution in [3.8, 4) is 0 Å². The molecule has 0 unspecified atom stereocenters. The molecule has 7 heteroatoms. The summed E-state index contributed by atoms with van der Waals surface area (Å²) in [7, 11) is 0. The molecule has 0 fully saturated rings. The molecule has 1 aromatic heterocycles. The predicted molar refractivity (Wildman–Crippen MR) is 55.5 cm³/mol. The van der Waals surface area contributed by atoms with E-state index in [0.29, 0.717) is 17.6 Å². The molecule has 2 N–H and O–H groups in total. The molecule has 14 heavy (non-hydrogen) atoms. The van der Waals surface area contributed by atoms with Crippen LogP contribution in [0.25, 0.3) is 0 Å². The van der Waals surface area contributed by atoms with E-state index in [9.17, 15) is 4.79 Å². The van der Waals surface area contributed by atoms with Gasteiger partial charge in [0.15, 0.2) is 0 Å². The number of aromatic nitrogens is 1. The van der Waals surface area contributed by atoms with Crippen LogP contribution in [-0.4, -0.2) is 17.7 Å². The van der Waals surface area contributed by atoms with E-state index in [1.807, 2.05) is 5.38 Å². The maximum atomic E-state index is 10.8. The molecule has 78 valence electrons. The van der Waals surface area contributed by atoms with E-state index < -0.39 is 6.09 Å². The second kappa shape index (κ2) is 5.66. The molecule has 0 radical (unpaired) electrons. The maximum Gasteiger partial charge on any atom is 0.425 e. The number of carbonyl (C=O) groups is 1. The first kappa shape index (κ1) is 11.1. The molecule has 1 heterocycles. The van der Waals surface area contributed by atoms with Gasteiger partial charge in [-0.15, -0.1) is 22.9 Å². The van der Waals surface area contributed by atoms with Crippen LogP contribution in [0.15, 0.2) is 5.38 Å². The highest BCUT2D eigenvalue weighted by atomic mass is 35.5. The van der Waals surface area contributed by atoms with Crippen LogP contribution < -0.4 is 10.9 Å². The number of anilines is 1. The Morgan fingerprint density at radius 3 is 3.14 bits per heavy atom. The van der Waals surface area contributed by atoms with E-state index in [4.69, 9.17) is 11.6 Å². The number of ether oxygens (including phenoxy) is 1. The molecular formula is C7H10ClN3O2S. The lowest BCUT2D eigenvalue weighted by molar-refractivity contribution is 0.154. The average Bonchev–Trinajstić information content (AvgIpc) is 2.63. The van der Waals surface area contributed by atoms with Crippen molar-refractivity contribution in [3.63, 3.8) is 0 Å². The third-order valence-electron chi connectivity index (χ3n) is 1.24.